The van der Waals surface area contributed by atoms with Gasteiger partial charge in [-0.25, -0.2) is 14.8 Å². The normalized spacial score (nSPS) is 11.4. The van der Waals surface area contributed by atoms with Crippen LogP contribution in [0.2, 0.25) is 0 Å². The first kappa shape index (κ1) is 21.1. The molecule has 0 fully saturated rings. The molecule has 4 aromatic rings. The third-order valence-electron chi connectivity index (χ3n) is 4.61. The minimum atomic E-state index is -0.611. The van der Waals surface area contributed by atoms with Gasteiger partial charge < -0.3 is 15.2 Å². The number of ether oxygens (including phenoxy) is 2. The number of nitrogens with zero attached hydrogens (tertiary/aromatic N) is 4. The van der Waals surface area contributed by atoms with E-state index in [2.05, 4.69) is 15.3 Å². The Balaban J connectivity index is 1.79. The summed E-state index contributed by atoms with van der Waals surface area (Å²) >= 11 is 0. The number of amides is 1. The number of pyridine rings is 1. The van der Waals surface area contributed by atoms with Crippen molar-refractivity contribution < 1.29 is 14.3 Å². The summed E-state index contributed by atoms with van der Waals surface area (Å²) in [6, 6.07) is 9.13. The number of nitrogens with two attached hydrogens (primary N) is 1. The Morgan fingerprint density at radius 3 is 2.66 bits per heavy atom. The van der Waals surface area contributed by atoms with Crippen LogP contribution in [0, 0.1) is 0 Å². The molecule has 4 rings (SSSR count). The standard InChI is InChI=1S/C23H24N6O3/c1-23(2,3)32-22(30)27-16-8-7-14(12-17(16)31-4)18-19-20(24)26-10-11-29(19)21(28-18)15-6-5-9-25-13-15/h5-13H,1-4H3,(H2,24,26)(H,27,30). The van der Waals surface area contributed by atoms with Gasteiger partial charge in [0.15, 0.2) is 0 Å². The summed E-state index contributed by atoms with van der Waals surface area (Å²) in [7, 11) is 1.53. The molecular formula is C23H24N6O3. The van der Waals surface area contributed by atoms with Gasteiger partial charge >= 0.3 is 6.09 Å². The highest BCUT2D eigenvalue weighted by molar-refractivity contribution is 5.91. The first-order valence-corrected chi connectivity index (χ1v) is 9.98. The second-order valence-electron chi connectivity index (χ2n) is 8.10. The largest absolute Gasteiger partial charge is 0.495 e. The lowest BCUT2D eigenvalue weighted by Gasteiger charge is -2.20. The number of nitrogens with one attached hydrogen (secondary N) is 1. The third-order valence-corrected chi connectivity index (χ3v) is 4.61. The van der Waals surface area contributed by atoms with Gasteiger partial charge in [-0.15, -0.1) is 0 Å². The lowest BCUT2D eigenvalue weighted by molar-refractivity contribution is 0.0635. The second-order valence-corrected chi connectivity index (χ2v) is 8.10. The third kappa shape index (κ3) is 4.18. The van der Waals surface area contributed by atoms with Crippen molar-refractivity contribution in [1.29, 1.82) is 0 Å². The highest BCUT2D eigenvalue weighted by Crippen LogP contribution is 2.36. The Labute approximate surface area is 185 Å². The molecule has 1 amide bonds. The molecule has 32 heavy (non-hydrogen) atoms. The molecule has 0 radical (unpaired) electrons. The van der Waals surface area contributed by atoms with Gasteiger partial charge in [0, 0.05) is 35.9 Å². The fraction of sp³-hybridized carbons (Fsp3) is 0.217. The minimum Gasteiger partial charge on any atom is -0.495 e. The van der Waals surface area contributed by atoms with E-state index >= 15 is 0 Å². The fourth-order valence-electron chi connectivity index (χ4n) is 3.32. The van der Waals surface area contributed by atoms with Crippen molar-refractivity contribution in [3.05, 3.63) is 55.1 Å². The van der Waals surface area contributed by atoms with Crippen LogP contribution < -0.4 is 15.8 Å². The highest BCUT2D eigenvalue weighted by atomic mass is 16.6. The summed E-state index contributed by atoms with van der Waals surface area (Å²) in [5, 5.41) is 2.72. The zero-order chi connectivity index (χ0) is 22.9. The van der Waals surface area contributed by atoms with Gasteiger partial charge in [0.1, 0.15) is 34.2 Å². The van der Waals surface area contributed by atoms with E-state index in [1.54, 1.807) is 57.7 Å². The van der Waals surface area contributed by atoms with Crippen molar-refractivity contribution in [1.82, 2.24) is 19.4 Å². The molecule has 0 bridgehead atoms. The lowest BCUT2D eigenvalue weighted by atomic mass is 10.1. The molecular weight excluding hydrogens is 408 g/mol. The van der Waals surface area contributed by atoms with Crippen molar-refractivity contribution in [2.24, 2.45) is 0 Å². The Bertz CT molecular complexity index is 1280. The van der Waals surface area contributed by atoms with Crippen LogP contribution in [0.1, 0.15) is 20.8 Å². The zero-order valence-corrected chi connectivity index (χ0v) is 18.3. The van der Waals surface area contributed by atoms with Crippen LogP contribution in [-0.2, 0) is 4.74 Å². The Morgan fingerprint density at radius 1 is 1.16 bits per heavy atom. The van der Waals surface area contributed by atoms with E-state index in [1.807, 2.05) is 22.6 Å². The topological polar surface area (TPSA) is 117 Å². The van der Waals surface area contributed by atoms with Gasteiger partial charge in [-0.2, -0.15) is 0 Å². The molecule has 9 heteroatoms. The molecule has 0 saturated carbocycles. The van der Waals surface area contributed by atoms with Crippen molar-refractivity contribution in [2.75, 3.05) is 18.2 Å². The van der Waals surface area contributed by atoms with Gasteiger partial charge in [-0.3, -0.25) is 14.7 Å². The summed E-state index contributed by atoms with van der Waals surface area (Å²) in [6.45, 7) is 5.40. The summed E-state index contributed by atoms with van der Waals surface area (Å²) in [4.78, 5) is 25.5. The fourth-order valence-corrected chi connectivity index (χ4v) is 3.32. The van der Waals surface area contributed by atoms with Gasteiger partial charge in [0.2, 0.25) is 0 Å². The number of hydrogen-bond donors (Lipinski definition) is 2. The SMILES string of the molecule is COc1cc(-c2nc(-c3cccnc3)n3ccnc(N)c23)ccc1NC(=O)OC(C)(C)C. The number of rotatable bonds is 4. The van der Waals surface area contributed by atoms with Crippen molar-refractivity contribution in [3.63, 3.8) is 0 Å². The molecule has 3 N–H and O–H groups in total. The number of anilines is 2. The van der Waals surface area contributed by atoms with E-state index in [4.69, 9.17) is 20.2 Å². The smallest absolute Gasteiger partial charge is 0.412 e. The van der Waals surface area contributed by atoms with Gasteiger partial charge in [0.05, 0.1) is 12.8 Å². The van der Waals surface area contributed by atoms with Crippen LogP contribution in [0.15, 0.2) is 55.1 Å². The minimum absolute atomic E-state index is 0.347. The van der Waals surface area contributed by atoms with Crippen LogP contribution in [0.4, 0.5) is 16.3 Å². The summed E-state index contributed by atoms with van der Waals surface area (Å²) in [5.74, 6) is 1.49. The van der Waals surface area contributed by atoms with E-state index in [1.165, 1.54) is 7.11 Å². The molecule has 0 spiro atoms. The van der Waals surface area contributed by atoms with E-state index in [0.717, 1.165) is 11.1 Å². The Morgan fingerprint density at radius 2 is 1.97 bits per heavy atom. The monoisotopic (exact) mass is 432 g/mol. The van der Waals surface area contributed by atoms with Crippen LogP contribution >= 0.6 is 0 Å². The molecule has 1 aromatic carbocycles. The van der Waals surface area contributed by atoms with E-state index in [0.29, 0.717) is 34.3 Å². The Hall–Kier alpha value is -4.14. The maximum Gasteiger partial charge on any atom is 0.412 e. The van der Waals surface area contributed by atoms with Crippen LogP contribution in [-0.4, -0.2) is 38.2 Å². The lowest BCUT2D eigenvalue weighted by Crippen LogP contribution is -2.27. The average Bonchev–Trinajstić information content (AvgIpc) is 3.14. The number of carbonyl (C=O) groups excluding carboxylic acids is 1. The number of aromatic nitrogens is 4. The first-order valence-electron chi connectivity index (χ1n) is 9.98. The van der Waals surface area contributed by atoms with Gasteiger partial charge in [0.25, 0.3) is 0 Å². The number of nitrogen functional groups attached to an aromatic ring is 1. The quantitative estimate of drug-likeness (QED) is 0.491. The first-order chi connectivity index (χ1) is 15.3. The predicted molar refractivity (Wildman–Crippen MR) is 122 cm³/mol. The molecule has 0 aliphatic carbocycles. The predicted octanol–water partition coefficient (Wildman–Crippen LogP) is 4.40. The number of hydrogen-bond acceptors (Lipinski definition) is 7. The highest BCUT2D eigenvalue weighted by Gasteiger charge is 2.20. The molecule has 0 unspecified atom stereocenters. The maximum atomic E-state index is 12.2. The van der Waals surface area contributed by atoms with Crippen molar-refractivity contribution in [2.45, 2.75) is 26.4 Å². The van der Waals surface area contributed by atoms with Gasteiger partial charge in [-0.1, -0.05) is 6.07 Å². The molecule has 9 nitrogen and oxygen atoms in total. The number of methoxy groups -OCH3 is 1. The summed E-state index contributed by atoms with van der Waals surface area (Å²) in [6.07, 6.45) is 6.31. The average molecular weight is 432 g/mol. The number of imidazole rings is 1. The summed E-state index contributed by atoms with van der Waals surface area (Å²) < 4.78 is 12.7. The number of carbonyl (C=O) groups is 1. The number of benzene rings is 1. The van der Waals surface area contributed by atoms with E-state index in [9.17, 15) is 4.79 Å². The molecule has 0 aliphatic rings. The molecule has 3 heterocycles. The zero-order valence-electron chi connectivity index (χ0n) is 18.3. The summed E-state index contributed by atoms with van der Waals surface area (Å²) in [5.41, 5.74) is 8.99. The Kier molecular flexibility index (Phi) is 5.40. The second kappa shape index (κ2) is 8.18. The molecule has 0 saturated heterocycles. The molecule has 0 aliphatic heterocycles. The van der Waals surface area contributed by atoms with Crippen molar-refractivity contribution >= 4 is 23.1 Å². The van der Waals surface area contributed by atoms with Crippen LogP contribution in [0.5, 0.6) is 5.75 Å². The van der Waals surface area contributed by atoms with E-state index < -0.39 is 11.7 Å². The molecule has 164 valence electrons. The number of fused-ring (bicyclic) bond motifs is 1. The molecule has 3 aromatic heterocycles. The van der Waals surface area contributed by atoms with Crippen molar-refractivity contribution in [3.8, 4) is 28.4 Å². The maximum absolute atomic E-state index is 12.2. The molecule has 0 atom stereocenters. The van der Waals surface area contributed by atoms with Crippen LogP contribution in [0.3, 0.4) is 0 Å². The van der Waals surface area contributed by atoms with E-state index in [-0.39, 0.29) is 0 Å². The van der Waals surface area contributed by atoms with Gasteiger partial charge in [-0.05, 0) is 45.0 Å². The van der Waals surface area contributed by atoms with Crippen LogP contribution in [0.25, 0.3) is 28.2 Å².